The van der Waals surface area contributed by atoms with Crippen LogP contribution in [0.3, 0.4) is 0 Å². The second kappa shape index (κ2) is 7.00. The maximum absolute atomic E-state index is 4.50. The molecule has 0 atom stereocenters. The number of nitrogens with one attached hydrogen (secondary N) is 1. The highest BCUT2D eigenvalue weighted by atomic mass is 32.2. The van der Waals surface area contributed by atoms with Crippen LogP contribution in [0, 0.1) is 13.8 Å². The van der Waals surface area contributed by atoms with Crippen molar-refractivity contribution in [1.29, 1.82) is 0 Å². The third-order valence-corrected chi connectivity index (χ3v) is 5.74. The first-order chi connectivity index (χ1) is 12.7. The summed E-state index contributed by atoms with van der Waals surface area (Å²) in [5, 5.41) is 11.1. The van der Waals surface area contributed by atoms with Crippen LogP contribution in [0.15, 0.2) is 53.8 Å². The van der Waals surface area contributed by atoms with Gasteiger partial charge in [-0.1, -0.05) is 53.7 Å². The average Bonchev–Trinajstić information content (AvgIpc) is 3.25. The fourth-order valence-corrected chi connectivity index (χ4v) is 4.30. The Morgan fingerprint density at radius 2 is 1.92 bits per heavy atom. The molecule has 2 aromatic heterocycles. The first-order valence-corrected chi connectivity index (χ1v) is 9.84. The maximum Gasteiger partial charge on any atom is 0.191 e. The number of fused-ring (bicyclic) bond motifs is 1. The normalized spacial score (nSPS) is 11.3. The lowest BCUT2D eigenvalue weighted by molar-refractivity contribution is 0.687. The van der Waals surface area contributed by atoms with Gasteiger partial charge in [-0.05, 0) is 38.0 Å². The van der Waals surface area contributed by atoms with E-state index in [1.54, 1.807) is 11.8 Å². The van der Waals surface area contributed by atoms with Gasteiger partial charge in [-0.25, -0.2) is 0 Å². The molecule has 26 heavy (non-hydrogen) atoms. The molecule has 132 valence electrons. The molecule has 0 saturated carbocycles. The highest BCUT2D eigenvalue weighted by Gasteiger charge is 2.16. The molecule has 0 aliphatic carbocycles. The van der Waals surface area contributed by atoms with E-state index in [1.165, 1.54) is 22.1 Å². The molecule has 0 aliphatic rings. The van der Waals surface area contributed by atoms with Crippen LogP contribution in [-0.4, -0.2) is 19.7 Å². The van der Waals surface area contributed by atoms with Gasteiger partial charge in [0.05, 0.1) is 0 Å². The smallest absolute Gasteiger partial charge is 0.191 e. The third-order valence-electron chi connectivity index (χ3n) is 4.72. The van der Waals surface area contributed by atoms with E-state index in [4.69, 9.17) is 0 Å². The zero-order chi connectivity index (χ0) is 18.1. The average molecular weight is 363 g/mol. The zero-order valence-corrected chi connectivity index (χ0v) is 16.1. The van der Waals surface area contributed by atoms with E-state index in [0.29, 0.717) is 0 Å². The van der Waals surface area contributed by atoms with Gasteiger partial charge in [-0.3, -0.25) is 0 Å². The molecule has 1 N–H and O–H groups in total. The topological polar surface area (TPSA) is 46.5 Å². The molecule has 2 aromatic carbocycles. The third kappa shape index (κ3) is 3.03. The fourth-order valence-electron chi connectivity index (χ4n) is 3.23. The summed E-state index contributed by atoms with van der Waals surface area (Å²) >= 11 is 1.75. The zero-order valence-electron chi connectivity index (χ0n) is 15.3. The van der Waals surface area contributed by atoms with Crippen LogP contribution >= 0.6 is 11.8 Å². The molecular weight excluding hydrogens is 340 g/mol. The van der Waals surface area contributed by atoms with E-state index < -0.39 is 0 Å². The number of benzene rings is 2. The standard InChI is InChI=1S/C21H22N4S/c1-4-25-20(18-12-22-19-8-6-5-7-17(18)19)23-24-21(25)26-13-16-11-14(2)9-10-15(16)3/h5-12,22H,4,13H2,1-3H3. The van der Waals surface area contributed by atoms with Crippen LogP contribution in [0.4, 0.5) is 0 Å². The van der Waals surface area contributed by atoms with E-state index in [2.05, 4.69) is 76.9 Å². The number of para-hydroxylation sites is 1. The molecule has 4 aromatic rings. The van der Waals surface area contributed by atoms with Crippen LogP contribution in [0.2, 0.25) is 0 Å². The second-order valence-electron chi connectivity index (χ2n) is 6.52. The van der Waals surface area contributed by atoms with Gasteiger partial charge in [0.25, 0.3) is 0 Å². The Hall–Kier alpha value is -2.53. The number of hydrogen-bond donors (Lipinski definition) is 1. The number of H-pyrrole nitrogens is 1. The van der Waals surface area contributed by atoms with Gasteiger partial charge in [-0.15, -0.1) is 10.2 Å². The van der Waals surface area contributed by atoms with Gasteiger partial charge in [-0.2, -0.15) is 0 Å². The lowest BCUT2D eigenvalue weighted by atomic mass is 10.1. The Labute approximate surface area is 157 Å². The molecule has 0 saturated heterocycles. The van der Waals surface area contributed by atoms with Crippen LogP contribution in [-0.2, 0) is 12.3 Å². The van der Waals surface area contributed by atoms with Crippen molar-refractivity contribution in [1.82, 2.24) is 19.7 Å². The molecule has 4 nitrogen and oxygen atoms in total. The Balaban J connectivity index is 1.66. The number of hydrogen-bond acceptors (Lipinski definition) is 3. The molecule has 4 rings (SSSR count). The summed E-state index contributed by atoms with van der Waals surface area (Å²) in [6.45, 7) is 7.29. The highest BCUT2D eigenvalue weighted by Crippen LogP contribution is 2.31. The molecule has 0 spiro atoms. The fraction of sp³-hybridized carbons (Fsp3) is 0.238. The summed E-state index contributed by atoms with van der Waals surface area (Å²) in [5.41, 5.74) is 6.20. The van der Waals surface area contributed by atoms with Crippen LogP contribution in [0.25, 0.3) is 22.3 Å². The van der Waals surface area contributed by atoms with Gasteiger partial charge in [0.2, 0.25) is 0 Å². The minimum atomic E-state index is 0.844. The van der Waals surface area contributed by atoms with Crippen molar-refractivity contribution >= 4 is 22.7 Å². The minimum absolute atomic E-state index is 0.844. The van der Waals surface area contributed by atoms with Crippen LogP contribution in [0.1, 0.15) is 23.6 Å². The molecule has 0 aliphatic heterocycles. The molecule has 0 radical (unpaired) electrons. The quantitative estimate of drug-likeness (QED) is 0.486. The van der Waals surface area contributed by atoms with E-state index >= 15 is 0 Å². The number of rotatable bonds is 5. The first-order valence-electron chi connectivity index (χ1n) is 8.86. The Morgan fingerprint density at radius 3 is 2.77 bits per heavy atom. The lowest BCUT2D eigenvalue weighted by Crippen LogP contribution is -2.00. The summed E-state index contributed by atoms with van der Waals surface area (Å²) in [7, 11) is 0. The lowest BCUT2D eigenvalue weighted by Gasteiger charge is -2.09. The van der Waals surface area contributed by atoms with Gasteiger partial charge in [0, 0.05) is 35.0 Å². The molecule has 0 bridgehead atoms. The Kier molecular flexibility index (Phi) is 4.55. The number of aromatic amines is 1. The van der Waals surface area contributed by atoms with Crippen molar-refractivity contribution in [2.24, 2.45) is 0 Å². The van der Waals surface area contributed by atoms with Crippen molar-refractivity contribution in [2.45, 2.75) is 38.2 Å². The SMILES string of the molecule is CCn1c(SCc2cc(C)ccc2C)nnc1-c1c[nH]c2ccccc12. The highest BCUT2D eigenvalue weighted by molar-refractivity contribution is 7.98. The van der Waals surface area contributed by atoms with Gasteiger partial charge >= 0.3 is 0 Å². The number of aryl methyl sites for hydroxylation is 2. The van der Waals surface area contributed by atoms with Gasteiger partial charge in [0.15, 0.2) is 11.0 Å². The van der Waals surface area contributed by atoms with Gasteiger partial charge in [0.1, 0.15) is 0 Å². The summed E-state index contributed by atoms with van der Waals surface area (Å²) in [5.74, 6) is 1.83. The van der Waals surface area contributed by atoms with Crippen molar-refractivity contribution in [2.75, 3.05) is 0 Å². The van der Waals surface area contributed by atoms with E-state index in [9.17, 15) is 0 Å². The minimum Gasteiger partial charge on any atom is -0.360 e. The summed E-state index contributed by atoms with van der Waals surface area (Å²) in [6.07, 6.45) is 2.03. The van der Waals surface area contributed by atoms with E-state index in [0.717, 1.165) is 34.4 Å². The number of thioether (sulfide) groups is 1. The predicted octanol–water partition coefficient (Wildman–Crippen LogP) is 5.36. The van der Waals surface area contributed by atoms with E-state index in [1.807, 2.05) is 12.3 Å². The molecule has 0 unspecified atom stereocenters. The second-order valence-corrected chi connectivity index (χ2v) is 7.46. The number of nitrogens with zero attached hydrogens (tertiary/aromatic N) is 3. The monoisotopic (exact) mass is 362 g/mol. The molecule has 5 heteroatoms. The van der Waals surface area contributed by atoms with Crippen molar-refractivity contribution in [3.05, 3.63) is 65.4 Å². The maximum atomic E-state index is 4.50. The van der Waals surface area contributed by atoms with Crippen molar-refractivity contribution in [3.63, 3.8) is 0 Å². The van der Waals surface area contributed by atoms with Crippen LogP contribution < -0.4 is 0 Å². The van der Waals surface area contributed by atoms with E-state index in [-0.39, 0.29) is 0 Å². The number of aromatic nitrogens is 4. The molecule has 0 fully saturated rings. The van der Waals surface area contributed by atoms with Crippen LogP contribution in [0.5, 0.6) is 0 Å². The summed E-state index contributed by atoms with van der Waals surface area (Å²) in [4.78, 5) is 3.33. The molecule has 2 heterocycles. The molecule has 0 amide bonds. The largest absolute Gasteiger partial charge is 0.360 e. The Morgan fingerprint density at radius 1 is 1.08 bits per heavy atom. The molecular formula is C21H22N4S. The predicted molar refractivity (Wildman–Crippen MR) is 108 cm³/mol. The van der Waals surface area contributed by atoms with Crippen molar-refractivity contribution < 1.29 is 0 Å². The van der Waals surface area contributed by atoms with Crippen molar-refractivity contribution in [3.8, 4) is 11.4 Å². The Bertz CT molecular complexity index is 1060. The first kappa shape index (κ1) is 16.9. The summed E-state index contributed by atoms with van der Waals surface area (Å²) < 4.78 is 2.20. The summed E-state index contributed by atoms with van der Waals surface area (Å²) in [6, 6.07) is 14.9. The van der Waals surface area contributed by atoms with Gasteiger partial charge < -0.3 is 9.55 Å².